The van der Waals surface area contributed by atoms with Crippen LogP contribution in [0.2, 0.25) is 0 Å². The molecule has 1 aliphatic rings. The van der Waals surface area contributed by atoms with E-state index in [-0.39, 0.29) is 5.97 Å². The number of allylic oxidation sites excluding steroid dienone is 1. The van der Waals surface area contributed by atoms with E-state index in [1.807, 2.05) is 6.08 Å². The molecule has 98 valence electrons. The maximum absolute atomic E-state index is 11.3. The van der Waals surface area contributed by atoms with Crippen LogP contribution in [0.4, 0.5) is 0 Å². The zero-order valence-electron chi connectivity index (χ0n) is 10.7. The highest BCUT2D eigenvalue weighted by Crippen LogP contribution is 2.09. The van der Waals surface area contributed by atoms with E-state index in [0.717, 1.165) is 19.3 Å². The fourth-order valence-electron chi connectivity index (χ4n) is 1.86. The quantitative estimate of drug-likeness (QED) is 0.481. The predicted molar refractivity (Wildman–Crippen MR) is 67.9 cm³/mol. The first-order chi connectivity index (χ1) is 8.39. The molecule has 0 atom stereocenters. The summed E-state index contributed by atoms with van der Waals surface area (Å²) in [6.07, 6.45) is 13.1. The average molecular weight is 240 g/mol. The van der Waals surface area contributed by atoms with Crippen LogP contribution in [0, 0.1) is 0 Å². The summed E-state index contributed by atoms with van der Waals surface area (Å²) in [5, 5.41) is 0. The molecule has 1 heterocycles. The first-order valence-electron chi connectivity index (χ1n) is 6.78. The molecule has 0 aromatic heterocycles. The molecule has 3 nitrogen and oxygen atoms in total. The third-order valence-corrected chi connectivity index (χ3v) is 2.87. The van der Waals surface area contributed by atoms with Crippen molar-refractivity contribution >= 4 is 5.97 Å². The molecule has 0 aromatic carbocycles. The van der Waals surface area contributed by atoms with Crippen molar-refractivity contribution in [1.29, 1.82) is 0 Å². The Labute approximate surface area is 104 Å². The maximum atomic E-state index is 11.3. The van der Waals surface area contributed by atoms with Gasteiger partial charge in [0.05, 0.1) is 13.2 Å². The average Bonchev–Trinajstić information content (AvgIpc) is 2.32. The van der Waals surface area contributed by atoms with E-state index in [2.05, 4.69) is 6.08 Å². The van der Waals surface area contributed by atoms with Gasteiger partial charge in [-0.25, -0.2) is 0 Å². The second kappa shape index (κ2) is 10.3. The smallest absolute Gasteiger partial charge is 0.305 e. The lowest BCUT2D eigenvalue weighted by Gasteiger charge is -2.05. The highest BCUT2D eigenvalue weighted by Gasteiger charge is 2.02. The molecule has 0 saturated heterocycles. The molecule has 0 amide bonds. The molecule has 0 radical (unpaired) electrons. The number of rotatable bonds is 0. The fourth-order valence-corrected chi connectivity index (χ4v) is 1.86. The largest absolute Gasteiger partial charge is 0.463 e. The van der Waals surface area contributed by atoms with Crippen LogP contribution in [-0.4, -0.2) is 25.8 Å². The van der Waals surface area contributed by atoms with Gasteiger partial charge in [0.2, 0.25) is 0 Å². The third-order valence-electron chi connectivity index (χ3n) is 2.87. The zero-order chi connectivity index (χ0) is 12.2. The molecule has 0 saturated carbocycles. The number of esters is 1. The monoisotopic (exact) mass is 240 g/mol. The first kappa shape index (κ1) is 14.2. The zero-order valence-corrected chi connectivity index (χ0v) is 10.7. The molecular formula is C14H24O3. The van der Waals surface area contributed by atoms with Gasteiger partial charge < -0.3 is 9.47 Å². The Kier molecular flexibility index (Phi) is 8.65. The van der Waals surface area contributed by atoms with Crippen molar-refractivity contribution in [2.45, 2.75) is 51.4 Å². The number of carbonyl (C=O) groups excluding carboxylic acids is 1. The van der Waals surface area contributed by atoms with E-state index in [1.54, 1.807) is 0 Å². The van der Waals surface area contributed by atoms with E-state index < -0.39 is 0 Å². The van der Waals surface area contributed by atoms with Crippen LogP contribution in [0.15, 0.2) is 12.2 Å². The van der Waals surface area contributed by atoms with Gasteiger partial charge >= 0.3 is 5.97 Å². The van der Waals surface area contributed by atoms with Gasteiger partial charge in [0, 0.05) is 6.42 Å². The summed E-state index contributed by atoms with van der Waals surface area (Å²) in [7, 11) is 0. The summed E-state index contributed by atoms with van der Waals surface area (Å²) in [5.41, 5.74) is 0. The van der Waals surface area contributed by atoms with Gasteiger partial charge in [0.25, 0.3) is 0 Å². The first-order valence-corrected chi connectivity index (χ1v) is 6.78. The predicted octanol–water partition coefficient (Wildman–Crippen LogP) is 3.24. The van der Waals surface area contributed by atoms with Crippen LogP contribution >= 0.6 is 0 Å². The highest BCUT2D eigenvalue weighted by atomic mass is 16.6. The maximum Gasteiger partial charge on any atom is 0.305 e. The molecule has 0 unspecified atom stereocenters. The molecule has 1 aliphatic heterocycles. The van der Waals surface area contributed by atoms with Crippen molar-refractivity contribution in [2.24, 2.45) is 0 Å². The summed E-state index contributed by atoms with van der Waals surface area (Å²) in [6, 6.07) is 0. The van der Waals surface area contributed by atoms with Gasteiger partial charge in [-0.1, -0.05) is 37.8 Å². The Bertz CT molecular complexity index is 224. The Hall–Kier alpha value is -0.830. The molecule has 17 heavy (non-hydrogen) atoms. The number of cyclic esters (lactones) is 1. The molecule has 3 heteroatoms. The van der Waals surface area contributed by atoms with Crippen molar-refractivity contribution in [2.75, 3.05) is 19.8 Å². The Morgan fingerprint density at radius 1 is 0.882 bits per heavy atom. The third kappa shape index (κ3) is 8.93. The lowest BCUT2D eigenvalue weighted by molar-refractivity contribution is -0.145. The van der Waals surface area contributed by atoms with E-state index >= 15 is 0 Å². The van der Waals surface area contributed by atoms with Crippen molar-refractivity contribution < 1.29 is 14.3 Å². The molecule has 0 bridgehead atoms. The SMILES string of the molecule is O=C1CCCCCCCC/C=C\COCCO1. The second-order valence-corrected chi connectivity index (χ2v) is 4.43. The number of carbonyl (C=O) groups is 1. The standard InChI is InChI=1S/C14H24O3/c15-14-10-8-6-4-2-1-3-5-7-9-11-16-12-13-17-14/h7,9H,1-6,8,10-13H2/b9-7-. The minimum Gasteiger partial charge on any atom is -0.463 e. The van der Waals surface area contributed by atoms with Crippen LogP contribution in [0.25, 0.3) is 0 Å². The molecule has 0 aromatic rings. The van der Waals surface area contributed by atoms with Crippen molar-refractivity contribution in [3.05, 3.63) is 12.2 Å². The number of ether oxygens (including phenoxy) is 2. The molecule has 0 aliphatic carbocycles. The molecule has 0 fully saturated rings. The van der Waals surface area contributed by atoms with Crippen LogP contribution in [0.5, 0.6) is 0 Å². The minimum absolute atomic E-state index is 0.0868. The normalized spacial score (nSPS) is 23.9. The second-order valence-electron chi connectivity index (χ2n) is 4.43. The Morgan fingerprint density at radius 3 is 2.53 bits per heavy atom. The fraction of sp³-hybridized carbons (Fsp3) is 0.786. The van der Waals surface area contributed by atoms with Gasteiger partial charge in [-0.2, -0.15) is 0 Å². The topological polar surface area (TPSA) is 35.5 Å². The summed E-state index contributed by atoms with van der Waals surface area (Å²) in [5.74, 6) is -0.0868. The van der Waals surface area contributed by atoms with Gasteiger partial charge in [0.1, 0.15) is 6.61 Å². The van der Waals surface area contributed by atoms with Crippen LogP contribution in [-0.2, 0) is 14.3 Å². The Balaban J connectivity index is 2.18. The van der Waals surface area contributed by atoms with Crippen LogP contribution in [0.1, 0.15) is 51.4 Å². The Morgan fingerprint density at radius 2 is 1.65 bits per heavy atom. The minimum atomic E-state index is -0.0868. The molecule has 0 spiro atoms. The summed E-state index contributed by atoms with van der Waals surface area (Å²) < 4.78 is 10.4. The van der Waals surface area contributed by atoms with Gasteiger partial charge in [-0.05, 0) is 19.3 Å². The molecule has 0 N–H and O–H groups in total. The van der Waals surface area contributed by atoms with Crippen LogP contribution in [0.3, 0.4) is 0 Å². The van der Waals surface area contributed by atoms with Crippen molar-refractivity contribution in [3.8, 4) is 0 Å². The summed E-state index contributed by atoms with van der Waals surface area (Å²) >= 11 is 0. The van der Waals surface area contributed by atoms with E-state index in [4.69, 9.17) is 9.47 Å². The van der Waals surface area contributed by atoms with Gasteiger partial charge in [-0.15, -0.1) is 0 Å². The van der Waals surface area contributed by atoms with E-state index in [9.17, 15) is 4.79 Å². The lowest BCUT2D eigenvalue weighted by atomic mass is 10.1. The van der Waals surface area contributed by atoms with Crippen molar-refractivity contribution in [3.63, 3.8) is 0 Å². The number of hydrogen-bond acceptors (Lipinski definition) is 3. The van der Waals surface area contributed by atoms with Gasteiger partial charge in [0.15, 0.2) is 0 Å². The lowest BCUT2D eigenvalue weighted by Crippen LogP contribution is -2.10. The van der Waals surface area contributed by atoms with E-state index in [0.29, 0.717) is 26.2 Å². The summed E-state index contributed by atoms with van der Waals surface area (Å²) in [4.78, 5) is 11.3. The molecular weight excluding hydrogens is 216 g/mol. The van der Waals surface area contributed by atoms with Crippen LogP contribution < -0.4 is 0 Å². The highest BCUT2D eigenvalue weighted by molar-refractivity contribution is 5.69. The number of hydrogen-bond donors (Lipinski definition) is 0. The molecule has 1 rings (SSSR count). The van der Waals surface area contributed by atoms with Crippen molar-refractivity contribution in [1.82, 2.24) is 0 Å². The van der Waals surface area contributed by atoms with E-state index in [1.165, 1.54) is 25.7 Å². The van der Waals surface area contributed by atoms with Gasteiger partial charge in [-0.3, -0.25) is 4.79 Å². The summed E-state index contributed by atoms with van der Waals surface area (Å²) in [6.45, 7) is 1.50.